The minimum atomic E-state index is -1.77. The molecule has 0 spiro atoms. The third-order valence-electron chi connectivity index (χ3n) is 8.36. The fraction of sp³-hybridized carbons (Fsp3) is 0.241. The zero-order valence-corrected chi connectivity index (χ0v) is 25.2. The van der Waals surface area contributed by atoms with Gasteiger partial charge in [0.15, 0.2) is 23.1 Å². The van der Waals surface area contributed by atoms with Crippen LogP contribution in [0.4, 0.5) is 5.69 Å². The van der Waals surface area contributed by atoms with Gasteiger partial charge in [0.25, 0.3) is 0 Å². The summed E-state index contributed by atoms with van der Waals surface area (Å²) in [4.78, 5) is 55.6. The van der Waals surface area contributed by atoms with E-state index in [2.05, 4.69) is 15.9 Å². The largest absolute Gasteiger partial charge is 0.504 e. The van der Waals surface area contributed by atoms with Crippen LogP contribution >= 0.6 is 38.5 Å². The number of fused-ring (bicyclic) bond motifs is 3. The molecule has 1 heterocycles. The van der Waals surface area contributed by atoms with E-state index in [0.29, 0.717) is 20.3 Å². The number of carbonyl (C=O) groups excluding carboxylic acids is 4. The Morgan fingerprint density at radius 3 is 2.54 bits per heavy atom. The molecule has 4 aliphatic rings. The van der Waals surface area contributed by atoms with Crippen LogP contribution in [0.3, 0.4) is 0 Å². The predicted octanol–water partition coefficient (Wildman–Crippen LogP) is 2.65. The molecule has 3 N–H and O–H groups in total. The standard InChI is InChI=1S/C29H22BBrINO8/c1-41-22-8-12(7-20(32)27(22)36)23-15-5-6-16-24(17(15)10-18-25(23)21(34)11-19(31)26(18)35)29(38)33(28(16)37)14-4-2-3-13(9-14)30(39)40/h2-5,7-9,11,16-17,23-24,36,39-40H,6,10H2,1H3. The van der Waals surface area contributed by atoms with Crippen molar-refractivity contribution in [3.8, 4) is 11.5 Å². The van der Waals surface area contributed by atoms with Gasteiger partial charge in [0.2, 0.25) is 11.8 Å². The highest BCUT2D eigenvalue weighted by Crippen LogP contribution is 2.56. The molecule has 1 aliphatic heterocycles. The second kappa shape index (κ2) is 10.3. The number of benzene rings is 2. The topological polar surface area (TPSA) is 141 Å². The van der Waals surface area contributed by atoms with E-state index in [1.165, 1.54) is 25.3 Å². The number of ether oxygens (including phenoxy) is 1. The average molecular weight is 730 g/mol. The van der Waals surface area contributed by atoms with Crippen LogP contribution in [0.15, 0.2) is 69.8 Å². The molecular weight excluding hydrogens is 708 g/mol. The molecule has 1 fully saturated rings. The third-order valence-corrected chi connectivity index (χ3v) is 9.77. The summed E-state index contributed by atoms with van der Waals surface area (Å²) in [6.07, 6.45) is 3.53. The zero-order chi connectivity index (χ0) is 29.3. The number of hydrogen-bond donors (Lipinski definition) is 3. The van der Waals surface area contributed by atoms with Crippen molar-refractivity contribution in [1.29, 1.82) is 0 Å². The molecule has 0 saturated carbocycles. The molecule has 9 nitrogen and oxygen atoms in total. The number of phenolic OH excluding ortho intramolecular Hbond substituents is 1. The van der Waals surface area contributed by atoms with Gasteiger partial charge in [-0.25, -0.2) is 0 Å². The van der Waals surface area contributed by atoms with Crippen LogP contribution in [0.5, 0.6) is 11.5 Å². The van der Waals surface area contributed by atoms with Crippen LogP contribution in [0.1, 0.15) is 24.3 Å². The molecule has 4 unspecified atom stereocenters. The molecule has 1 saturated heterocycles. The minimum Gasteiger partial charge on any atom is -0.504 e. The number of ketones is 2. The molecule has 0 radical (unpaired) electrons. The van der Waals surface area contributed by atoms with E-state index in [-0.39, 0.29) is 51.5 Å². The number of rotatable bonds is 4. The Balaban J connectivity index is 1.49. The summed E-state index contributed by atoms with van der Waals surface area (Å²) in [6, 6.07) is 9.34. The van der Waals surface area contributed by atoms with E-state index in [1.807, 2.05) is 28.7 Å². The van der Waals surface area contributed by atoms with Gasteiger partial charge in [-0.3, -0.25) is 24.1 Å². The van der Waals surface area contributed by atoms with Crippen LogP contribution in [0.2, 0.25) is 0 Å². The number of amides is 2. The predicted molar refractivity (Wildman–Crippen MR) is 161 cm³/mol. The zero-order valence-electron chi connectivity index (χ0n) is 21.5. The first-order valence-electron chi connectivity index (χ1n) is 12.8. The van der Waals surface area contributed by atoms with Crippen LogP contribution in [0.25, 0.3) is 0 Å². The monoisotopic (exact) mass is 729 g/mol. The summed E-state index contributed by atoms with van der Waals surface area (Å²) in [5, 5.41) is 29.7. The Kier molecular flexibility index (Phi) is 7.08. The van der Waals surface area contributed by atoms with Crippen LogP contribution < -0.4 is 15.1 Å². The van der Waals surface area contributed by atoms with Crippen molar-refractivity contribution in [2.24, 2.45) is 17.8 Å². The van der Waals surface area contributed by atoms with Crippen molar-refractivity contribution >= 4 is 80.2 Å². The maximum Gasteiger partial charge on any atom is 0.488 e. The number of aromatic hydroxyl groups is 1. The quantitative estimate of drug-likeness (QED) is 0.144. The second-order valence-electron chi connectivity index (χ2n) is 10.4. The molecule has 0 aromatic heterocycles. The summed E-state index contributed by atoms with van der Waals surface area (Å²) in [7, 11) is -0.348. The fourth-order valence-corrected chi connectivity index (χ4v) is 7.65. The van der Waals surface area contributed by atoms with Gasteiger partial charge in [-0.15, -0.1) is 0 Å². The highest BCUT2D eigenvalue weighted by Gasteiger charge is 2.56. The Morgan fingerprint density at radius 2 is 1.83 bits per heavy atom. The minimum absolute atomic E-state index is 0.0489. The normalized spacial score (nSPS) is 25.4. The molecule has 2 aromatic rings. The number of hydrogen-bond acceptors (Lipinski definition) is 8. The van der Waals surface area contributed by atoms with Gasteiger partial charge in [-0.2, -0.15) is 0 Å². The lowest BCUT2D eigenvalue weighted by atomic mass is 9.59. The first-order valence-corrected chi connectivity index (χ1v) is 14.7. The third kappa shape index (κ3) is 4.34. The van der Waals surface area contributed by atoms with Crippen molar-refractivity contribution < 1.29 is 39.1 Å². The maximum atomic E-state index is 14.0. The molecule has 208 valence electrons. The van der Waals surface area contributed by atoms with Gasteiger partial charge in [-0.1, -0.05) is 23.8 Å². The molecule has 6 rings (SSSR count). The van der Waals surface area contributed by atoms with Gasteiger partial charge in [0, 0.05) is 23.1 Å². The molecule has 2 amide bonds. The number of phenols is 1. The molecule has 2 aromatic carbocycles. The molecule has 41 heavy (non-hydrogen) atoms. The average Bonchev–Trinajstić information content (AvgIpc) is 3.21. The van der Waals surface area contributed by atoms with E-state index in [4.69, 9.17) is 4.74 Å². The number of anilines is 1. The lowest BCUT2D eigenvalue weighted by molar-refractivity contribution is -0.123. The van der Waals surface area contributed by atoms with Gasteiger partial charge < -0.3 is 19.9 Å². The highest BCUT2D eigenvalue weighted by molar-refractivity contribution is 14.1. The molecule has 12 heteroatoms. The summed E-state index contributed by atoms with van der Waals surface area (Å²) in [6.45, 7) is 0. The van der Waals surface area contributed by atoms with Crippen molar-refractivity contribution in [2.75, 3.05) is 12.0 Å². The first-order chi connectivity index (χ1) is 19.5. The number of methoxy groups -OCH3 is 1. The van der Waals surface area contributed by atoms with Crippen molar-refractivity contribution in [2.45, 2.75) is 18.8 Å². The van der Waals surface area contributed by atoms with E-state index >= 15 is 0 Å². The number of nitrogens with zero attached hydrogens (tertiary/aromatic N) is 1. The lowest BCUT2D eigenvalue weighted by Gasteiger charge is -2.42. The molecular formula is C29H22BBrINO8. The summed E-state index contributed by atoms with van der Waals surface area (Å²) in [5.74, 6) is -4.04. The Bertz CT molecular complexity index is 1660. The number of halogens is 2. The van der Waals surface area contributed by atoms with Crippen LogP contribution in [-0.2, 0) is 19.2 Å². The molecule has 3 aliphatic carbocycles. The van der Waals surface area contributed by atoms with E-state index in [9.17, 15) is 34.3 Å². The first kappa shape index (κ1) is 28.1. The summed E-state index contributed by atoms with van der Waals surface area (Å²) >= 11 is 5.19. The fourth-order valence-electron chi connectivity index (χ4n) is 6.58. The smallest absolute Gasteiger partial charge is 0.488 e. The summed E-state index contributed by atoms with van der Waals surface area (Å²) in [5.41, 5.74) is 2.38. The Morgan fingerprint density at radius 1 is 1.07 bits per heavy atom. The van der Waals surface area contributed by atoms with E-state index in [1.54, 1.807) is 24.3 Å². The van der Waals surface area contributed by atoms with Gasteiger partial charge in [0.05, 0.1) is 32.7 Å². The second-order valence-corrected chi connectivity index (χ2v) is 12.4. The molecule has 4 atom stereocenters. The van der Waals surface area contributed by atoms with Crippen LogP contribution in [0, 0.1) is 21.3 Å². The SMILES string of the molecule is COc1cc(C2C3=CCC4C(=O)N(c5cccc(B(O)O)c5)C(=O)C4C3CC3=C2C(=O)C=C(Br)C3=O)cc(I)c1O. The van der Waals surface area contributed by atoms with Crippen molar-refractivity contribution in [3.63, 3.8) is 0 Å². The Labute approximate surface area is 257 Å². The van der Waals surface area contributed by atoms with E-state index < -0.39 is 42.6 Å². The van der Waals surface area contributed by atoms with Crippen molar-refractivity contribution in [1.82, 2.24) is 0 Å². The van der Waals surface area contributed by atoms with Crippen LogP contribution in [-0.4, -0.2) is 52.8 Å². The number of Topliss-reactive ketones (excluding diaryl/α,β-unsaturated/α-hetero) is 1. The van der Waals surface area contributed by atoms with Gasteiger partial charge in [-0.05, 0) is 92.6 Å². The number of allylic oxidation sites excluding steroid dienone is 6. The number of imide groups is 1. The van der Waals surface area contributed by atoms with Crippen molar-refractivity contribution in [3.05, 3.63) is 78.9 Å². The van der Waals surface area contributed by atoms with Gasteiger partial charge >= 0.3 is 7.12 Å². The lowest BCUT2D eigenvalue weighted by Crippen LogP contribution is -2.39. The highest BCUT2D eigenvalue weighted by atomic mass is 127. The maximum absolute atomic E-state index is 14.0. The number of carbonyl (C=O) groups is 4. The Hall–Kier alpha value is -3.07. The molecule has 0 bridgehead atoms. The van der Waals surface area contributed by atoms with Gasteiger partial charge in [0.1, 0.15) is 0 Å². The van der Waals surface area contributed by atoms with E-state index in [0.717, 1.165) is 10.5 Å². The summed E-state index contributed by atoms with van der Waals surface area (Å²) < 4.78 is 6.01.